The molecular weight excluding hydrogens is 440 g/mol. The summed E-state index contributed by atoms with van der Waals surface area (Å²) in [5.41, 5.74) is -3.26. The van der Waals surface area contributed by atoms with Crippen LogP contribution in [0.5, 0.6) is 0 Å². The summed E-state index contributed by atoms with van der Waals surface area (Å²) in [4.78, 5) is 28.5. The van der Waals surface area contributed by atoms with E-state index in [0.717, 1.165) is 10.1 Å². The Kier molecular flexibility index (Phi) is 6.37. The second-order valence-corrected chi connectivity index (χ2v) is 6.72. The predicted molar refractivity (Wildman–Crippen MR) is 103 cm³/mol. The van der Waals surface area contributed by atoms with E-state index in [-0.39, 0.29) is 19.2 Å². The molecule has 0 aliphatic rings. The molecule has 0 unspecified atom stereocenters. The first-order chi connectivity index (χ1) is 14.9. The summed E-state index contributed by atoms with van der Waals surface area (Å²) in [7, 11) is 0. The second kappa shape index (κ2) is 8.85. The van der Waals surface area contributed by atoms with Crippen molar-refractivity contribution >= 4 is 5.91 Å². The lowest BCUT2D eigenvalue weighted by molar-refractivity contribution is -0.143. The van der Waals surface area contributed by atoms with Crippen molar-refractivity contribution in [1.29, 1.82) is 0 Å². The zero-order chi connectivity index (χ0) is 23.5. The first-order valence-corrected chi connectivity index (χ1v) is 9.15. The lowest BCUT2D eigenvalue weighted by Gasteiger charge is -2.14. The van der Waals surface area contributed by atoms with Crippen LogP contribution in [-0.2, 0) is 18.9 Å². The van der Waals surface area contributed by atoms with Crippen molar-refractivity contribution in [1.82, 2.24) is 14.9 Å². The van der Waals surface area contributed by atoms with Crippen molar-refractivity contribution in [2.75, 3.05) is 6.54 Å². The van der Waals surface area contributed by atoms with E-state index in [1.165, 1.54) is 12.4 Å². The average molecular weight is 455 g/mol. The van der Waals surface area contributed by atoms with E-state index >= 15 is 0 Å². The lowest BCUT2D eigenvalue weighted by Crippen LogP contribution is -2.31. The average Bonchev–Trinajstić information content (AvgIpc) is 2.73. The lowest BCUT2D eigenvalue weighted by atomic mass is 10.0. The van der Waals surface area contributed by atoms with Crippen molar-refractivity contribution in [2.24, 2.45) is 0 Å². The number of benzene rings is 2. The van der Waals surface area contributed by atoms with E-state index in [0.29, 0.717) is 17.8 Å². The number of nitrogens with zero attached hydrogens (tertiary/aromatic N) is 2. The molecule has 1 N–H and O–H groups in total. The maximum Gasteiger partial charge on any atom is 0.416 e. The molecule has 0 bridgehead atoms. The number of alkyl halides is 6. The summed E-state index contributed by atoms with van der Waals surface area (Å²) in [6.07, 6.45) is -8.88. The van der Waals surface area contributed by atoms with Gasteiger partial charge in [-0.15, -0.1) is 0 Å². The molecule has 0 saturated carbocycles. The molecule has 0 aliphatic heterocycles. The highest BCUT2D eigenvalue weighted by atomic mass is 19.4. The van der Waals surface area contributed by atoms with Crippen LogP contribution < -0.4 is 10.9 Å². The summed E-state index contributed by atoms with van der Waals surface area (Å²) in [5.74, 6) is -1.14. The normalized spacial score (nSPS) is 11.9. The maximum atomic E-state index is 12.9. The van der Waals surface area contributed by atoms with Crippen LogP contribution in [0.15, 0.2) is 65.7 Å². The largest absolute Gasteiger partial charge is 0.416 e. The van der Waals surface area contributed by atoms with Crippen LogP contribution in [0, 0.1) is 0 Å². The fourth-order valence-corrected chi connectivity index (χ4v) is 2.84. The number of hydrogen-bond donors (Lipinski definition) is 1. The van der Waals surface area contributed by atoms with E-state index in [2.05, 4.69) is 10.3 Å². The molecule has 1 aromatic heterocycles. The molecule has 0 aliphatic carbocycles. The fourth-order valence-electron chi connectivity index (χ4n) is 2.84. The zero-order valence-electron chi connectivity index (χ0n) is 16.2. The van der Waals surface area contributed by atoms with Gasteiger partial charge in [-0.3, -0.25) is 14.2 Å². The van der Waals surface area contributed by atoms with Crippen LogP contribution in [0.2, 0.25) is 0 Å². The van der Waals surface area contributed by atoms with Crippen molar-refractivity contribution in [3.8, 4) is 11.3 Å². The first kappa shape index (κ1) is 23.0. The maximum absolute atomic E-state index is 12.9. The van der Waals surface area contributed by atoms with Crippen molar-refractivity contribution in [3.05, 3.63) is 88.0 Å². The van der Waals surface area contributed by atoms with E-state index in [1.54, 1.807) is 30.3 Å². The van der Waals surface area contributed by atoms with Gasteiger partial charge in [0.2, 0.25) is 0 Å². The van der Waals surface area contributed by atoms with Crippen LogP contribution in [-0.4, -0.2) is 22.0 Å². The van der Waals surface area contributed by atoms with Gasteiger partial charge in [0.25, 0.3) is 11.5 Å². The fraction of sp³-hybridized carbons (Fsp3) is 0.190. The van der Waals surface area contributed by atoms with Gasteiger partial charge < -0.3 is 5.32 Å². The molecule has 32 heavy (non-hydrogen) atoms. The predicted octanol–water partition coefficient (Wildman–Crippen LogP) is 4.38. The van der Waals surface area contributed by atoms with Gasteiger partial charge in [-0.05, 0) is 18.2 Å². The van der Waals surface area contributed by atoms with Crippen molar-refractivity contribution in [3.63, 3.8) is 0 Å². The minimum atomic E-state index is -5.06. The van der Waals surface area contributed by atoms with Gasteiger partial charge >= 0.3 is 12.4 Å². The topological polar surface area (TPSA) is 64.0 Å². The quantitative estimate of drug-likeness (QED) is 0.581. The monoisotopic (exact) mass is 455 g/mol. The van der Waals surface area contributed by atoms with Gasteiger partial charge in [0.05, 0.1) is 23.1 Å². The van der Waals surface area contributed by atoms with Crippen LogP contribution in [0.4, 0.5) is 26.3 Å². The molecule has 3 aromatic rings. The molecule has 3 rings (SSSR count). The summed E-state index contributed by atoms with van der Waals surface area (Å²) >= 11 is 0. The number of carbonyl (C=O) groups excluding carboxylic acids is 1. The molecule has 0 saturated heterocycles. The highest BCUT2D eigenvalue weighted by molar-refractivity contribution is 5.94. The third-order valence-corrected chi connectivity index (χ3v) is 4.44. The number of amides is 1. The van der Waals surface area contributed by atoms with E-state index in [4.69, 9.17) is 0 Å². The molecule has 2 aromatic carbocycles. The van der Waals surface area contributed by atoms with Gasteiger partial charge in [-0.2, -0.15) is 26.3 Å². The molecule has 0 radical (unpaired) electrons. The number of aromatic nitrogens is 2. The molecule has 11 heteroatoms. The third kappa shape index (κ3) is 5.54. The van der Waals surface area contributed by atoms with Crippen LogP contribution in [0.1, 0.15) is 21.5 Å². The van der Waals surface area contributed by atoms with Gasteiger partial charge in [0.1, 0.15) is 0 Å². The van der Waals surface area contributed by atoms with E-state index in [1.807, 2.05) is 0 Å². The van der Waals surface area contributed by atoms with Gasteiger partial charge in [-0.1, -0.05) is 30.3 Å². The molecule has 5 nitrogen and oxygen atoms in total. The Hall–Kier alpha value is -3.63. The Labute approximate surface area is 177 Å². The number of hydrogen-bond acceptors (Lipinski definition) is 3. The summed E-state index contributed by atoms with van der Waals surface area (Å²) in [6, 6.07) is 10.8. The zero-order valence-corrected chi connectivity index (χ0v) is 16.2. The molecule has 0 spiro atoms. The number of rotatable bonds is 5. The van der Waals surface area contributed by atoms with Crippen LogP contribution >= 0.6 is 0 Å². The van der Waals surface area contributed by atoms with E-state index < -0.39 is 40.5 Å². The number of halogens is 6. The highest BCUT2D eigenvalue weighted by Crippen LogP contribution is 2.36. The minimum absolute atomic E-state index is 0.0592. The third-order valence-electron chi connectivity index (χ3n) is 4.44. The first-order valence-electron chi connectivity index (χ1n) is 9.15. The second-order valence-electron chi connectivity index (χ2n) is 6.72. The van der Waals surface area contributed by atoms with Crippen molar-refractivity contribution in [2.45, 2.75) is 18.9 Å². The smallest absolute Gasteiger partial charge is 0.350 e. The number of nitrogens with one attached hydrogen (secondary N) is 1. The summed E-state index contributed by atoms with van der Waals surface area (Å²) in [6.45, 7) is -0.305. The Morgan fingerprint density at radius 1 is 0.906 bits per heavy atom. The van der Waals surface area contributed by atoms with Gasteiger partial charge in [0, 0.05) is 30.3 Å². The van der Waals surface area contributed by atoms with Crippen LogP contribution in [0.25, 0.3) is 11.3 Å². The summed E-state index contributed by atoms with van der Waals surface area (Å²) < 4.78 is 78.7. The highest BCUT2D eigenvalue weighted by Gasteiger charge is 2.37. The minimum Gasteiger partial charge on any atom is -0.350 e. The molecule has 1 heterocycles. The Balaban J connectivity index is 1.72. The molecular formula is C21H15F6N3O2. The van der Waals surface area contributed by atoms with Gasteiger partial charge in [-0.25, -0.2) is 4.98 Å². The summed E-state index contributed by atoms with van der Waals surface area (Å²) in [5, 5.41) is 2.22. The Bertz CT molecular complexity index is 1140. The van der Waals surface area contributed by atoms with E-state index in [9.17, 15) is 35.9 Å². The molecule has 0 atom stereocenters. The Morgan fingerprint density at radius 2 is 1.50 bits per heavy atom. The molecule has 1 amide bonds. The van der Waals surface area contributed by atoms with Crippen LogP contribution in [0.3, 0.4) is 0 Å². The van der Waals surface area contributed by atoms with Crippen molar-refractivity contribution < 1.29 is 31.1 Å². The standard InChI is InChI=1S/C21H15F6N3O2/c22-20(23,24)15-8-14(9-16(10-15)21(25,26)27)19(32)28-6-7-30-12-29-17(11-18(30)31)13-4-2-1-3-5-13/h1-5,8-12H,6-7H2,(H,28,32). The van der Waals surface area contributed by atoms with Gasteiger partial charge in [0.15, 0.2) is 0 Å². The number of carbonyl (C=O) groups is 1. The SMILES string of the molecule is O=C(NCCn1cnc(-c2ccccc2)cc1=O)c1cc(C(F)(F)F)cc(C(F)(F)F)c1. The molecule has 0 fully saturated rings. The molecule has 168 valence electrons. The Morgan fingerprint density at radius 3 is 2.03 bits per heavy atom.